The van der Waals surface area contributed by atoms with Gasteiger partial charge in [-0.05, 0) is 80.5 Å². The lowest BCUT2D eigenvalue weighted by molar-refractivity contribution is -0.140. The van der Waals surface area contributed by atoms with Crippen LogP contribution in [0.1, 0.15) is 124 Å². The second-order valence-electron chi connectivity index (χ2n) is 32.0. The van der Waals surface area contributed by atoms with Gasteiger partial charge in [-0.1, -0.05) is 99.5 Å². The number of benzene rings is 2. The Morgan fingerprint density at radius 3 is 1.58 bits per heavy atom. The number of ether oxygens (including phenoxy) is 4. The predicted octanol–water partition coefficient (Wildman–Crippen LogP) is -2.44. The first-order valence-corrected chi connectivity index (χ1v) is 45.2. The fourth-order valence-electron chi connectivity index (χ4n) is 13.2. The molecule has 42 nitrogen and oxygen atoms in total. The second kappa shape index (κ2) is 55.9. The molecule has 0 radical (unpaired) electrons. The maximum absolute atomic E-state index is 15.2. The maximum Gasteiger partial charge on any atom is 0.305 e. The van der Waals surface area contributed by atoms with Crippen molar-refractivity contribution in [2.45, 2.75) is 205 Å². The number of carboxylic acids is 1. The third kappa shape index (κ3) is 37.9. The van der Waals surface area contributed by atoms with E-state index in [1.807, 2.05) is 0 Å². The van der Waals surface area contributed by atoms with E-state index < -0.39 is 211 Å². The molecular formula is C85H124N20O22S2. The number of nitrogens with one attached hydrogen (secondary N) is 17. The van der Waals surface area contributed by atoms with Crippen LogP contribution in [0.2, 0.25) is 0 Å². The Hall–Kier alpha value is -11.7. The lowest BCUT2D eigenvalue weighted by Crippen LogP contribution is -2.61. The molecule has 6 rings (SSSR count). The van der Waals surface area contributed by atoms with Crippen LogP contribution < -0.4 is 85.9 Å². The van der Waals surface area contributed by atoms with Crippen molar-refractivity contribution < 1.29 is 106 Å². The summed E-state index contributed by atoms with van der Waals surface area (Å²) < 4.78 is 22.2. The van der Waals surface area contributed by atoms with E-state index in [0.29, 0.717) is 84.3 Å². The van der Waals surface area contributed by atoms with Gasteiger partial charge >= 0.3 is 5.97 Å². The summed E-state index contributed by atoms with van der Waals surface area (Å²) in [6, 6.07) is -5.27. The summed E-state index contributed by atoms with van der Waals surface area (Å²) in [4.78, 5) is 240. The van der Waals surface area contributed by atoms with E-state index in [9.17, 15) is 72.5 Å². The van der Waals surface area contributed by atoms with Gasteiger partial charge in [0.25, 0.3) is 0 Å². The maximum atomic E-state index is 15.2. The highest BCUT2D eigenvalue weighted by atomic mass is 33.1. The molecule has 13 atom stereocenters. The number of aliphatic carboxylic acids is 1. The number of amides is 15. The molecule has 0 aliphatic carbocycles. The molecule has 0 bridgehead atoms. The van der Waals surface area contributed by atoms with Crippen molar-refractivity contribution in [1.82, 2.24) is 94.4 Å². The van der Waals surface area contributed by atoms with Gasteiger partial charge in [0.05, 0.1) is 84.3 Å². The topological polar surface area (TPSA) is 631 Å². The van der Waals surface area contributed by atoms with Gasteiger partial charge in [0, 0.05) is 109 Å². The van der Waals surface area contributed by atoms with Gasteiger partial charge in [0.1, 0.15) is 66.5 Å². The molecule has 0 saturated carbocycles. The molecule has 44 heteroatoms. The van der Waals surface area contributed by atoms with Gasteiger partial charge in [0.2, 0.25) is 88.6 Å². The first-order chi connectivity index (χ1) is 61.5. The number of carboxylic acid groups (broad SMARTS) is 1. The quantitative estimate of drug-likeness (QED) is 0.0110. The number of aromatic nitrogens is 4. The minimum Gasteiger partial charge on any atom is -0.481 e. The highest BCUT2D eigenvalue weighted by Crippen LogP contribution is 2.26. The molecule has 15 amide bonds. The highest BCUT2D eigenvalue weighted by molar-refractivity contribution is 8.76. The number of hydrogen-bond acceptors (Lipinski definition) is 25. The van der Waals surface area contributed by atoms with E-state index in [-0.39, 0.29) is 89.4 Å². The Bertz CT molecular complexity index is 4600. The molecule has 0 spiro atoms. The van der Waals surface area contributed by atoms with Crippen LogP contribution in [0.5, 0.6) is 0 Å². The van der Waals surface area contributed by atoms with Crippen LogP contribution in [-0.2, 0) is 115 Å². The van der Waals surface area contributed by atoms with Gasteiger partial charge < -0.3 is 130 Å². The van der Waals surface area contributed by atoms with Crippen molar-refractivity contribution in [3.8, 4) is 12.3 Å². The highest BCUT2D eigenvalue weighted by Gasteiger charge is 2.39. The number of rotatable bonds is 40. The number of para-hydroxylation sites is 2. The molecule has 23 N–H and O–H groups in total. The minimum absolute atomic E-state index is 0.000904. The lowest BCUT2D eigenvalue weighted by atomic mass is 9.98. The molecule has 1 fully saturated rings. The van der Waals surface area contributed by atoms with Crippen LogP contribution >= 0.6 is 21.6 Å². The molecule has 1 saturated heterocycles. The number of carbonyl (C=O) groups is 16. The van der Waals surface area contributed by atoms with Crippen molar-refractivity contribution >= 4 is 138 Å². The molecule has 1 aliphatic rings. The van der Waals surface area contributed by atoms with Crippen molar-refractivity contribution in [3.63, 3.8) is 0 Å². The minimum atomic E-state index is -1.74. The molecule has 0 unspecified atom stereocenters. The summed E-state index contributed by atoms with van der Waals surface area (Å²) in [7, 11) is 1.60. The average molecular weight is 1840 g/mol. The molecule has 5 aromatic rings. The predicted molar refractivity (Wildman–Crippen MR) is 477 cm³/mol. The lowest BCUT2D eigenvalue weighted by Gasteiger charge is -2.29. The van der Waals surface area contributed by atoms with Crippen molar-refractivity contribution in [2.75, 3.05) is 84.0 Å². The van der Waals surface area contributed by atoms with E-state index in [2.05, 4.69) is 100 Å². The molecule has 1 aliphatic heterocycles. The van der Waals surface area contributed by atoms with E-state index >= 15 is 14.4 Å². The first kappa shape index (κ1) is 106. The second-order valence-corrected chi connectivity index (χ2v) is 34.6. The van der Waals surface area contributed by atoms with Crippen molar-refractivity contribution in [2.24, 2.45) is 29.2 Å². The molecular weight excluding hydrogens is 1720 g/mol. The average Bonchev–Trinajstić information content (AvgIpc) is 1.68. The standard InChI is InChI=1S/C85H124N20O22S2/c1-10-11-12-21-68(107)89-24-26-124-28-30-126-32-33-127-31-29-125-27-25-90-69(108)23-22-60-78(116)99-62(35-48(4)5)82(120)104-72(49(6)7)85(123)101-64(37-53-41-92-59-20-16-14-18-56(53)59)80(118)103-67(84(122)105-73(51(9)106)74(87)112)45-129-128-44-66(102-76(114)57(86)39-71(110)111)83(121)95-50(8)75(113)97-63(36-52-40-91-58-19-15-13-17-55(52)58)79(117)100-65(38-54-42-88-46-94-54)81(119)98-61(34-47(2)3)77(115)93-43-70(109)96-60/h1,13-20,40-42,46-51,57,60-67,72-73,91-92,106H,11-12,21-39,43-45,86H2,2-9H3,(H2,87,112)(H,88,94)(H,89,107)(H,90,108)(H,93,115)(H,95,121)(H,96,109)(H,97,113)(H,98,119)(H,99,116)(H,100,117)(H,101,123)(H,102,114)(H,103,118)(H,104,120)(H,105,122)(H,110,111)/t50-,51+,57-,60-,61+,62-,63-,64+,65-,66+,67-,72-,73-/m0/s1. The number of unbranched alkanes of at least 4 members (excludes halogenated alkanes) is 1. The fraction of sp³-hybridized carbons (Fsp3) is 0.565. The zero-order chi connectivity index (χ0) is 94.7. The van der Waals surface area contributed by atoms with Crippen LogP contribution in [0.4, 0.5) is 0 Å². The van der Waals surface area contributed by atoms with E-state index in [1.165, 1.54) is 19.4 Å². The van der Waals surface area contributed by atoms with Gasteiger partial charge in [-0.3, -0.25) is 76.7 Å². The molecule has 2 aromatic carbocycles. The number of hydrogen-bond donors (Lipinski definition) is 21. The summed E-state index contributed by atoms with van der Waals surface area (Å²) in [5.41, 5.74) is 14.2. The summed E-state index contributed by atoms with van der Waals surface area (Å²) in [6.45, 7) is 13.8. The van der Waals surface area contributed by atoms with Crippen LogP contribution in [0, 0.1) is 30.1 Å². The van der Waals surface area contributed by atoms with E-state index in [0.717, 1.165) is 28.5 Å². The smallest absolute Gasteiger partial charge is 0.305 e. The number of aliphatic hydroxyl groups excluding tert-OH is 1. The third-order valence-corrected chi connectivity index (χ3v) is 22.5. The Labute approximate surface area is 754 Å². The molecule has 4 heterocycles. The normalized spacial score (nSPS) is 21.1. The molecule has 129 heavy (non-hydrogen) atoms. The summed E-state index contributed by atoms with van der Waals surface area (Å²) in [6.07, 6.45) is 8.29. The Morgan fingerprint density at radius 2 is 1.06 bits per heavy atom. The number of terminal acetylenes is 1. The summed E-state index contributed by atoms with van der Waals surface area (Å²) in [5, 5.41) is 58.1. The monoisotopic (exact) mass is 1840 g/mol. The van der Waals surface area contributed by atoms with Crippen LogP contribution in [0.25, 0.3) is 21.8 Å². The number of nitrogens with zero attached hydrogens (tertiary/aromatic N) is 1. The zero-order valence-corrected chi connectivity index (χ0v) is 75.3. The number of aliphatic hydroxyl groups is 1. The van der Waals surface area contributed by atoms with Gasteiger partial charge in [0.15, 0.2) is 0 Å². The SMILES string of the molecule is C#CCCCC(=O)NCCOCCOCCOCCOCCNC(=O)CC[C@@H]1NC(=O)CNC(=O)[C@@H](CC(C)C)NC(=O)[C@H](Cc2cnc[nH]2)NC(=O)[C@H](Cc2c[nH]c3ccccc23)NC(=O)[C@H](C)NC(=O)[C@H](NC(=O)[C@@H](N)CC(=O)O)CSSC[C@@H](C(=O)N[C@H](C(N)=O)[C@@H](C)O)NC(=O)[C@@H](Cc2c[nH]c3ccccc23)NC(=O)[C@H](C(C)C)NC(=O)[C@H](CC(C)C)NC1=O. The Balaban J connectivity index is 1.34. The number of imidazole rings is 1. The fourth-order valence-corrected chi connectivity index (χ4v) is 15.6. The van der Waals surface area contributed by atoms with Crippen molar-refractivity contribution in [1.29, 1.82) is 0 Å². The molecule has 708 valence electrons. The van der Waals surface area contributed by atoms with Crippen molar-refractivity contribution in [3.05, 3.63) is 90.3 Å². The number of fused-ring (bicyclic) bond motifs is 2. The summed E-state index contributed by atoms with van der Waals surface area (Å²) in [5.74, 6) is -15.2. The Kier molecular flexibility index (Phi) is 45.9. The van der Waals surface area contributed by atoms with Crippen LogP contribution in [-0.4, -0.2) is 287 Å². The van der Waals surface area contributed by atoms with E-state index in [1.54, 1.807) is 102 Å². The Morgan fingerprint density at radius 1 is 0.574 bits per heavy atom. The number of primary amides is 1. The van der Waals surface area contributed by atoms with Crippen LogP contribution in [0.3, 0.4) is 0 Å². The number of carbonyl (C=O) groups excluding carboxylic acids is 15. The van der Waals surface area contributed by atoms with Gasteiger partial charge in [-0.25, -0.2) is 4.98 Å². The van der Waals surface area contributed by atoms with Crippen LogP contribution in [0.15, 0.2) is 73.4 Å². The van der Waals surface area contributed by atoms with E-state index in [4.69, 9.17) is 36.8 Å². The number of H-pyrrole nitrogens is 3. The molecule has 3 aromatic heterocycles. The largest absolute Gasteiger partial charge is 0.481 e. The zero-order valence-electron chi connectivity index (χ0n) is 73.7. The first-order valence-electron chi connectivity index (χ1n) is 42.7. The third-order valence-electron chi connectivity index (χ3n) is 20.1. The number of nitrogens with two attached hydrogens (primary N) is 2. The summed E-state index contributed by atoms with van der Waals surface area (Å²) >= 11 is 0. The van der Waals surface area contributed by atoms with Gasteiger partial charge in [-0.15, -0.1) is 12.3 Å². The van der Waals surface area contributed by atoms with Gasteiger partial charge in [-0.2, -0.15) is 0 Å². The number of aromatic amines is 3.